The molecule has 5 heteroatoms. The molecule has 0 aromatic heterocycles. The zero-order valence-corrected chi connectivity index (χ0v) is 14.6. The molecule has 124 valence electrons. The van der Waals surface area contributed by atoms with Crippen LogP contribution in [-0.2, 0) is 11.2 Å². The van der Waals surface area contributed by atoms with Gasteiger partial charge in [-0.05, 0) is 49.9 Å². The summed E-state index contributed by atoms with van der Waals surface area (Å²) in [5.74, 6) is 0.690. The van der Waals surface area contributed by atoms with Crippen LogP contribution in [0, 0.1) is 0 Å². The first-order valence-electron chi connectivity index (χ1n) is 8.28. The molecule has 1 N–H and O–H groups in total. The van der Waals surface area contributed by atoms with Crippen LogP contribution >= 0.6 is 0 Å². The molecule has 2 atom stereocenters. The SMILES string of the molecule is CCN1CCN(CCC(C[S+]([O-])c2ccccc2)NC)CC1. The van der Waals surface area contributed by atoms with Gasteiger partial charge in [0.1, 0.15) is 5.75 Å². The van der Waals surface area contributed by atoms with Gasteiger partial charge in [0.05, 0.1) is 6.04 Å². The molecule has 0 radical (unpaired) electrons. The number of likely N-dealkylation sites (N-methyl/N-ethyl adjacent to an activating group) is 1. The van der Waals surface area contributed by atoms with Gasteiger partial charge in [-0.3, -0.25) is 0 Å². The van der Waals surface area contributed by atoms with Crippen LogP contribution in [0.15, 0.2) is 35.2 Å². The molecular formula is C17H29N3OS. The Kier molecular flexibility index (Phi) is 7.69. The first kappa shape index (κ1) is 17.8. The van der Waals surface area contributed by atoms with Crippen LogP contribution in [0.25, 0.3) is 0 Å². The van der Waals surface area contributed by atoms with Gasteiger partial charge in [0, 0.05) is 26.2 Å². The summed E-state index contributed by atoms with van der Waals surface area (Å²) in [7, 11) is 1.97. The molecule has 4 nitrogen and oxygen atoms in total. The number of nitrogens with zero attached hydrogens (tertiary/aromatic N) is 2. The first-order chi connectivity index (χ1) is 10.7. The van der Waals surface area contributed by atoms with Crippen LogP contribution < -0.4 is 5.32 Å². The summed E-state index contributed by atoms with van der Waals surface area (Å²) in [6.45, 7) is 9.15. The third-order valence-corrected chi connectivity index (χ3v) is 5.98. The van der Waals surface area contributed by atoms with Gasteiger partial charge in [0.15, 0.2) is 4.90 Å². The Labute approximate surface area is 138 Å². The zero-order chi connectivity index (χ0) is 15.8. The van der Waals surface area contributed by atoms with Gasteiger partial charge < -0.3 is 19.7 Å². The molecule has 2 rings (SSSR count). The van der Waals surface area contributed by atoms with Crippen molar-refractivity contribution in [2.24, 2.45) is 0 Å². The van der Waals surface area contributed by atoms with Gasteiger partial charge >= 0.3 is 0 Å². The number of hydrogen-bond donors (Lipinski definition) is 1. The Hall–Kier alpha value is -0.590. The highest BCUT2D eigenvalue weighted by atomic mass is 32.2. The molecule has 1 aliphatic rings. The Morgan fingerprint density at radius 1 is 1.14 bits per heavy atom. The molecule has 1 fully saturated rings. The van der Waals surface area contributed by atoms with Gasteiger partial charge in [0.25, 0.3) is 0 Å². The first-order valence-corrected chi connectivity index (χ1v) is 9.60. The summed E-state index contributed by atoms with van der Waals surface area (Å²) in [5.41, 5.74) is 0. The molecule has 22 heavy (non-hydrogen) atoms. The van der Waals surface area contributed by atoms with Crippen LogP contribution in [0.3, 0.4) is 0 Å². The van der Waals surface area contributed by atoms with E-state index in [2.05, 4.69) is 22.0 Å². The van der Waals surface area contributed by atoms with Crippen molar-refractivity contribution in [3.8, 4) is 0 Å². The molecule has 1 saturated heterocycles. The van der Waals surface area contributed by atoms with Crippen molar-refractivity contribution in [1.82, 2.24) is 15.1 Å². The summed E-state index contributed by atoms with van der Waals surface area (Å²) in [6, 6.07) is 10.1. The Bertz CT molecular complexity index is 410. The molecular weight excluding hydrogens is 294 g/mol. The lowest BCUT2D eigenvalue weighted by Gasteiger charge is -2.34. The van der Waals surface area contributed by atoms with E-state index in [0.29, 0.717) is 11.8 Å². The second-order valence-corrected chi connectivity index (χ2v) is 7.37. The monoisotopic (exact) mass is 323 g/mol. The number of nitrogens with one attached hydrogen (secondary N) is 1. The normalized spacial score (nSPS) is 20.0. The average molecular weight is 324 g/mol. The Morgan fingerprint density at radius 2 is 1.77 bits per heavy atom. The van der Waals surface area contributed by atoms with E-state index < -0.39 is 11.2 Å². The van der Waals surface area contributed by atoms with Crippen molar-refractivity contribution in [3.63, 3.8) is 0 Å². The van der Waals surface area contributed by atoms with Gasteiger partial charge in [-0.15, -0.1) is 0 Å². The number of hydrogen-bond acceptors (Lipinski definition) is 4. The average Bonchev–Trinajstić information content (AvgIpc) is 2.59. The maximum atomic E-state index is 12.4. The van der Waals surface area contributed by atoms with Crippen LogP contribution in [0.1, 0.15) is 13.3 Å². The Morgan fingerprint density at radius 3 is 2.36 bits per heavy atom. The molecule has 0 spiro atoms. The van der Waals surface area contributed by atoms with Crippen LogP contribution in [-0.4, -0.2) is 72.5 Å². The van der Waals surface area contributed by atoms with Gasteiger partial charge in [-0.2, -0.15) is 0 Å². The lowest BCUT2D eigenvalue weighted by molar-refractivity contribution is 0.134. The van der Waals surface area contributed by atoms with Crippen molar-refractivity contribution in [2.75, 3.05) is 52.1 Å². The maximum absolute atomic E-state index is 12.4. The summed E-state index contributed by atoms with van der Waals surface area (Å²) < 4.78 is 12.4. The molecule has 0 amide bonds. The smallest absolute Gasteiger partial charge is 0.152 e. The van der Waals surface area contributed by atoms with Crippen molar-refractivity contribution in [1.29, 1.82) is 0 Å². The maximum Gasteiger partial charge on any atom is 0.152 e. The molecule has 1 aromatic rings. The van der Waals surface area contributed by atoms with Crippen LogP contribution in [0.5, 0.6) is 0 Å². The fourth-order valence-electron chi connectivity index (χ4n) is 2.83. The predicted octanol–water partition coefficient (Wildman–Crippen LogP) is 1.41. The highest BCUT2D eigenvalue weighted by Crippen LogP contribution is 2.13. The molecule has 1 aliphatic heterocycles. The molecule has 1 heterocycles. The third kappa shape index (κ3) is 5.56. The fraction of sp³-hybridized carbons (Fsp3) is 0.647. The molecule has 0 bridgehead atoms. The minimum Gasteiger partial charge on any atom is -0.611 e. The Balaban J connectivity index is 1.73. The van der Waals surface area contributed by atoms with E-state index in [1.165, 1.54) is 13.1 Å². The fourth-order valence-corrected chi connectivity index (χ4v) is 4.18. The van der Waals surface area contributed by atoms with Crippen molar-refractivity contribution >= 4 is 11.2 Å². The topological polar surface area (TPSA) is 41.6 Å². The minimum absolute atomic E-state index is 0.310. The van der Waals surface area contributed by atoms with Crippen molar-refractivity contribution in [3.05, 3.63) is 30.3 Å². The molecule has 1 aromatic carbocycles. The van der Waals surface area contributed by atoms with E-state index in [0.717, 1.165) is 37.5 Å². The molecule has 2 unspecified atom stereocenters. The van der Waals surface area contributed by atoms with Gasteiger partial charge in [-0.1, -0.05) is 25.1 Å². The number of benzene rings is 1. The minimum atomic E-state index is -0.916. The third-order valence-electron chi connectivity index (χ3n) is 4.47. The second-order valence-electron chi connectivity index (χ2n) is 5.88. The summed E-state index contributed by atoms with van der Waals surface area (Å²) in [6.07, 6.45) is 1.06. The van der Waals surface area contributed by atoms with Gasteiger partial charge in [-0.25, -0.2) is 0 Å². The van der Waals surface area contributed by atoms with Crippen LogP contribution in [0.2, 0.25) is 0 Å². The van der Waals surface area contributed by atoms with Crippen molar-refractivity contribution < 1.29 is 4.55 Å². The van der Waals surface area contributed by atoms with E-state index in [4.69, 9.17) is 0 Å². The van der Waals surface area contributed by atoms with E-state index in [1.807, 2.05) is 37.4 Å². The predicted molar refractivity (Wildman–Crippen MR) is 93.7 cm³/mol. The standard InChI is InChI=1S/C17H29N3OS/c1-3-19-11-13-20(14-12-19)10-9-16(18-2)15-22(21)17-7-5-4-6-8-17/h4-8,16,18H,3,9-15H2,1-2H3. The van der Waals surface area contributed by atoms with Crippen LogP contribution in [0.4, 0.5) is 0 Å². The summed E-state index contributed by atoms with van der Waals surface area (Å²) in [5, 5.41) is 3.33. The highest BCUT2D eigenvalue weighted by molar-refractivity contribution is 7.91. The highest BCUT2D eigenvalue weighted by Gasteiger charge is 2.20. The number of rotatable bonds is 8. The van der Waals surface area contributed by atoms with E-state index in [9.17, 15) is 4.55 Å². The lowest BCUT2D eigenvalue weighted by Crippen LogP contribution is -2.47. The lowest BCUT2D eigenvalue weighted by atomic mass is 10.2. The van der Waals surface area contributed by atoms with E-state index in [1.54, 1.807) is 0 Å². The number of piperazine rings is 1. The summed E-state index contributed by atoms with van der Waals surface area (Å²) in [4.78, 5) is 5.96. The van der Waals surface area contributed by atoms with E-state index in [-0.39, 0.29) is 0 Å². The van der Waals surface area contributed by atoms with E-state index >= 15 is 0 Å². The summed E-state index contributed by atoms with van der Waals surface area (Å²) >= 11 is -0.916. The van der Waals surface area contributed by atoms with Crippen molar-refractivity contribution in [2.45, 2.75) is 24.3 Å². The second kappa shape index (κ2) is 9.53. The van der Waals surface area contributed by atoms with Gasteiger partial charge in [0.2, 0.25) is 0 Å². The largest absolute Gasteiger partial charge is 0.611 e. The molecule has 0 aliphatic carbocycles. The zero-order valence-electron chi connectivity index (χ0n) is 13.8. The quantitative estimate of drug-likeness (QED) is 0.735. The molecule has 0 saturated carbocycles.